The molecule has 2 aromatic heterocycles. The molecule has 0 radical (unpaired) electrons. The van der Waals surface area contributed by atoms with E-state index in [0.29, 0.717) is 17.0 Å². The van der Waals surface area contributed by atoms with Crippen LogP contribution in [0, 0.1) is 12.7 Å². The second-order valence-electron chi connectivity index (χ2n) is 6.53. The Balaban J connectivity index is 1.43. The Morgan fingerprint density at radius 2 is 1.87 bits per heavy atom. The monoisotopic (exact) mass is 427 g/mol. The maximum absolute atomic E-state index is 13.5. The Morgan fingerprint density at radius 1 is 1.07 bits per heavy atom. The van der Waals surface area contributed by atoms with Gasteiger partial charge in [0, 0.05) is 18.2 Å². The van der Waals surface area contributed by atoms with Gasteiger partial charge in [-0.15, -0.1) is 15.3 Å². The van der Waals surface area contributed by atoms with E-state index in [1.165, 1.54) is 16.6 Å². The van der Waals surface area contributed by atoms with Gasteiger partial charge in [0.1, 0.15) is 12.4 Å². The molecule has 0 atom stereocenters. The summed E-state index contributed by atoms with van der Waals surface area (Å²) in [6.45, 7) is 2.02. The minimum absolute atomic E-state index is 0.0643. The van der Waals surface area contributed by atoms with E-state index in [1.807, 2.05) is 6.92 Å². The van der Waals surface area contributed by atoms with Crippen molar-refractivity contribution in [1.29, 1.82) is 0 Å². The van der Waals surface area contributed by atoms with Gasteiger partial charge < -0.3 is 4.74 Å². The second-order valence-corrected chi connectivity index (χ2v) is 8.30. The highest BCUT2D eigenvalue weighted by molar-refractivity contribution is 7.89. The molecular formula is C20H18FN5O3S. The smallest absolute Gasteiger partial charge is 0.240 e. The summed E-state index contributed by atoms with van der Waals surface area (Å²) in [5, 5.41) is 12.4. The van der Waals surface area contributed by atoms with Crippen LogP contribution >= 0.6 is 0 Å². The number of sulfonamides is 1. The number of nitrogens with one attached hydrogen (secondary N) is 1. The molecule has 2 heterocycles. The lowest BCUT2D eigenvalue weighted by Crippen LogP contribution is -2.28. The number of aromatic nitrogens is 4. The van der Waals surface area contributed by atoms with Crippen LogP contribution in [-0.2, 0) is 10.0 Å². The van der Waals surface area contributed by atoms with E-state index in [1.54, 1.807) is 48.5 Å². The van der Waals surface area contributed by atoms with Crippen LogP contribution in [0.15, 0.2) is 65.6 Å². The SMILES string of the molecule is Cc1ccc(S(=O)(=O)NCCOc2ccc3nnc(-c4cccc(F)c4)n3n2)cc1. The van der Waals surface area contributed by atoms with Gasteiger partial charge >= 0.3 is 0 Å². The molecule has 0 unspecified atom stereocenters. The maximum atomic E-state index is 13.5. The molecule has 0 aliphatic carbocycles. The van der Waals surface area contributed by atoms with E-state index in [4.69, 9.17) is 4.74 Å². The lowest BCUT2D eigenvalue weighted by molar-refractivity contribution is 0.306. The van der Waals surface area contributed by atoms with E-state index >= 15 is 0 Å². The normalized spacial score (nSPS) is 11.7. The number of rotatable bonds is 7. The Morgan fingerprint density at radius 3 is 2.63 bits per heavy atom. The third-order valence-electron chi connectivity index (χ3n) is 4.30. The lowest BCUT2D eigenvalue weighted by Gasteiger charge is -2.08. The molecule has 4 rings (SSSR count). The van der Waals surface area contributed by atoms with Crippen LogP contribution in [0.1, 0.15) is 5.56 Å². The summed E-state index contributed by atoms with van der Waals surface area (Å²) < 4.78 is 47.6. The van der Waals surface area contributed by atoms with Crippen molar-refractivity contribution in [3.05, 3.63) is 72.0 Å². The average molecular weight is 427 g/mol. The molecule has 0 amide bonds. The molecule has 2 aromatic carbocycles. The first-order valence-electron chi connectivity index (χ1n) is 9.10. The van der Waals surface area contributed by atoms with Gasteiger partial charge in [-0.2, -0.15) is 4.52 Å². The number of nitrogens with zero attached hydrogens (tertiary/aromatic N) is 4. The first-order chi connectivity index (χ1) is 14.4. The standard InChI is InChI=1S/C20H18FN5O3S/c1-14-5-7-17(8-6-14)30(27,28)22-11-12-29-19-10-9-18-23-24-20(26(18)25-19)15-3-2-4-16(21)13-15/h2-10,13,22H,11-12H2,1H3. The van der Waals surface area contributed by atoms with Crippen molar-refractivity contribution in [2.75, 3.05) is 13.2 Å². The van der Waals surface area contributed by atoms with Crippen LogP contribution in [0.2, 0.25) is 0 Å². The summed E-state index contributed by atoms with van der Waals surface area (Å²) >= 11 is 0. The fraction of sp³-hybridized carbons (Fsp3) is 0.150. The second kappa shape index (κ2) is 8.17. The van der Waals surface area contributed by atoms with Gasteiger partial charge in [0.05, 0.1) is 4.90 Å². The molecule has 10 heteroatoms. The van der Waals surface area contributed by atoms with Crippen LogP contribution in [0.4, 0.5) is 4.39 Å². The summed E-state index contributed by atoms with van der Waals surface area (Å²) in [6, 6.07) is 15.8. The number of benzene rings is 2. The van der Waals surface area contributed by atoms with Crippen molar-refractivity contribution >= 4 is 15.7 Å². The zero-order chi connectivity index (χ0) is 21.1. The minimum atomic E-state index is -3.62. The van der Waals surface area contributed by atoms with Crippen molar-refractivity contribution in [3.63, 3.8) is 0 Å². The van der Waals surface area contributed by atoms with E-state index in [9.17, 15) is 12.8 Å². The zero-order valence-electron chi connectivity index (χ0n) is 16.0. The summed E-state index contributed by atoms with van der Waals surface area (Å²) in [6.07, 6.45) is 0. The molecule has 4 aromatic rings. The van der Waals surface area contributed by atoms with E-state index in [-0.39, 0.29) is 23.9 Å². The molecule has 0 aliphatic heterocycles. The fourth-order valence-electron chi connectivity index (χ4n) is 2.79. The Labute approximate surface area is 172 Å². The molecule has 0 bridgehead atoms. The van der Waals surface area contributed by atoms with Crippen LogP contribution in [0.3, 0.4) is 0 Å². The van der Waals surface area contributed by atoms with Gasteiger partial charge in [-0.05, 0) is 37.3 Å². The summed E-state index contributed by atoms with van der Waals surface area (Å²) in [5.74, 6) is 0.238. The highest BCUT2D eigenvalue weighted by atomic mass is 32.2. The van der Waals surface area contributed by atoms with E-state index in [2.05, 4.69) is 20.0 Å². The van der Waals surface area contributed by atoms with Crippen molar-refractivity contribution in [1.82, 2.24) is 24.5 Å². The van der Waals surface area contributed by atoms with E-state index < -0.39 is 15.8 Å². The maximum Gasteiger partial charge on any atom is 0.240 e. The fourth-order valence-corrected chi connectivity index (χ4v) is 3.80. The summed E-state index contributed by atoms with van der Waals surface area (Å²) in [5.41, 5.74) is 1.98. The van der Waals surface area contributed by atoms with Crippen molar-refractivity contribution < 1.29 is 17.5 Å². The average Bonchev–Trinajstić information content (AvgIpc) is 3.15. The molecular weight excluding hydrogens is 409 g/mol. The first-order valence-corrected chi connectivity index (χ1v) is 10.6. The topological polar surface area (TPSA) is 98.5 Å². The molecule has 0 saturated carbocycles. The zero-order valence-corrected chi connectivity index (χ0v) is 16.8. The Bertz CT molecular complexity index is 1290. The highest BCUT2D eigenvalue weighted by Crippen LogP contribution is 2.19. The largest absolute Gasteiger partial charge is 0.475 e. The van der Waals surface area contributed by atoms with E-state index in [0.717, 1.165) is 5.56 Å². The number of hydrogen-bond donors (Lipinski definition) is 1. The number of ether oxygens (including phenoxy) is 1. The van der Waals surface area contributed by atoms with Gasteiger partial charge in [0.2, 0.25) is 15.9 Å². The van der Waals surface area contributed by atoms with Gasteiger partial charge in [-0.25, -0.2) is 17.5 Å². The summed E-state index contributed by atoms with van der Waals surface area (Å²) in [7, 11) is -3.62. The number of fused-ring (bicyclic) bond motifs is 1. The highest BCUT2D eigenvalue weighted by Gasteiger charge is 2.14. The number of hydrogen-bond acceptors (Lipinski definition) is 6. The predicted octanol–water partition coefficient (Wildman–Crippen LogP) is 2.60. The lowest BCUT2D eigenvalue weighted by atomic mass is 10.2. The van der Waals surface area contributed by atoms with Crippen LogP contribution in [0.25, 0.3) is 17.0 Å². The molecule has 154 valence electrons. The molecule has 1 N–H and O–H groups in total. The minimum Gasteiger partial charge on any atom is -0.475 e. The quantitative estimate of drug-likeness (QED) is 0.455. The Hall–Kier alpha value is -3.37. The van der Waals surface area contributed by atoms with Gasteiger partial charge in [0.15, 0.2) is 11.5 Å². The molecule has 30 heavy (non-hydrogen) atoms. The van der Waals surface area contributed by atoms with Gasteiger partial charge in [-0.1, -0.05) is 29.8 Å². The van der Waals surface area contributed by atoms with Crippen LogP contribution in [-0.4, -0.2) is 41.4 Å². The van der Waals surface area contributed by atoms with Gasteiger partial charge in [0.25, 0.3) is 0 Å². The molecule has 0 saturated heterocycles. The van der Waals surface area contributed by atoms with Crippen LogP contribution in [0.5, 0.6) is 5.88 Å². The van der Waals surface area contributed by atoms with Crippen LogP contribution < -0.4 is 9.46 Å². The Kier molecular flexibility index (Phi) is 5.42. The van der Waals surface area contributed by atoms with Crippen molar-refractivity contribution in [3.8, 4) is 17.3 Å². The summed E-state index contributed by atoms with van der Waals surface area (Å²) in [4.78, 5) is 0.192. The number of aryl methyl sites for hydroxylation is 1. The molecule has 8 nitrogen and oxygen atoms in total. The molecule has 0 aliphatic rings. The van der Waals surface area contributed by atoms with Gasteiger partial charge in [-0.3, -0.25) is 0 Å². The first kappa shape index (κ1) is 19.9. The third kappa shape index (κ3) is 4.29. The van der Waals surface area contributed by atoms with Crippen molar-refractivity contribution in [2.45, 2.75) is 11.8 Å². The third-order valence-corrected chi connectivity index (χ3v) is 5.77. The molecule has 0 fully saturated rings. The predicted molar refractivity (Wildman–Crippen MR) is 108 cm³/mol. The molecule has 0 spiro atoms. The van der Waals surface area contributed by atoms with Crippen molar-refractivity contribution in [2.24, 2.45) is 0 Å². The number of halogens is 1.